The standard InChI is InChI=1S/C17H19N3O2S.C2HF3O2/c21-16(15-11-23-12-19-15)20-6-3-17(4-7-20)8-14(9-17)22-13-2-1-5-18-10-13;3-2(4,5)1(6)7/h1-2,5,10-12,14H,3-4,6-9H2;(H,6,7). The summed E-state index contributed by atoms with van der Waals surface area (Å²) in [5.41, 5.74) is 2.66. The van der Waals surface area contributed by atoms with Crippen LogP contribution in [-0.2, 0) is 4.79 Å². The van der Waals surface area contributed by atoms with Gasteiger partial charge >= 0.3 is 12.1 Å². The number of piperidine rings is 1. The molecule has 1 N–H and O–H groups in total. The van der Waals surface area contributed by atoms with Crippen molar-refractivity contribution in [3.8, 4) is 5.75 Å². The molecule has 2 aliphatic rings. The first-order valence-corrected chi connectivity index (χ1v) is 10.2. The summed E-state index contributed by atoms with van der Waals surface area (Å²) in [6, 6.07) is 3.85. The number of likely N-dealkylation sites (tertiary alicyclic amines) is 1. The molecule has 1 aliphatic carbocycles. The van der Waals surface area contributed by atoms with Crippen LogP contribution >= 0.6 is 11.3 Å². The Labute approximate surface area is 174 Å². The second-order valence-electron chi connectivity index (χ2n) is 7.31. The zero-order valence-electron chi connectivity index (χ0n) is 15.8. The number of carbonyl (C=O) groups is 2. The van der Waals surface area contributed by atoms with Crippen molar-refractivity contribution in [2.75, 3.05) is 13.1 Å². The molecule has 3 heterocycles. The number of aromatic nitrogens is 2. The molecule has 0 bridgehead atoms. The van der Waals surface area contributed by atoms with Gasteiger partial charge in [0.1, 0.15) is 11.4 Å². The Morgan fingerprint density at radius 2 is 1.93 bits per heavy atom. The van der Waals surface area contributed by atoms with E-state index in [4.69, 9.17) is 14.6 Å². The Morgan fingerprint density at radius 3 is 2.43 bits per heavy atom. The van der Waals surface area contributed by atoms with Gasteiger partial charge in [0.15, 0.2) is 0 Å². The number of nitrogens with zero attached hydrogens (tertiary/aromatic N) is 3. The zero-order chi connectivity index (χ0) is 21.8. The van der Waals surface area contributed by atoms with E-state index in [0.29, 0.717) is 17.2 Å². The van der Waals surface area contributed by atoms with Crippen molar-refractivity contribution in [2.45, 2.75) is 38.0 Å². The molecule has 0 aromatic carbocycles. The Hall–Kier alpha value is -2.69. The lowest BCUT2D eigenvalue weighted by Gasteiger charge is -2.51. The number of aliphatic carboxylic acids is 1. The maximum atomic E-state index is 12.3. The summed E-state index contributed by atoms with van der Waals surface area (Å²) < 4.78 is 37.7. The molecule has 2 fully saturated rings. The quantitative estimate of drug-likeness (QED) is 0.779. The van der Waals surface area contributed by atoms with Crippen molar-refractivity contribution in [3.63, 3.8) is 0 Å². The van der Waals surface area contributed by atoms with E-state index in [-0.39, 0.29) is 5.91 Å². The highest BCUT2D eigenvalue weighted by Gasteiger charge is 2.47. The monoisotopic (exact) mass is 443 g/mol. The lowest BCUT2D eigenvalue weighted by atomic mass is 9.61. The molecular formula is C19H20F3N3O4S. The molecule has 1 aliphatic heterocycles. The van der Waals surface area contributed by atoms with Crippen LogP contribution in [0, 0.1) is 5.41 Å². The Balaban J connectivity index is 0.000000318. The fourth-order valence-corrected chi connectivity index (χ4v) is 4.20. The summed E-state index contributed by atoms with van der Waals surface area (Å²) >= 11 is 1.47. The highest BCUT2D eigenvalue weighted by Crippen LogP contribution is 2.50. The average Bonchev–Trinajstić information content (AvgIpc) is 3.22. The molecule has 1 saturated heterocycles. The lowest BCUT2D eigenvalue weighted by Crippen LogP contribution is -2.52. The maximum Gasteiger partial charge on any atom is 0.490 e. The highest BCUT2D eigenvalue weighted by molar-refractivity contribution is 7.07. The summed E-state index contributed by atoms with van der Waals surface area (Å²) in [4.78, 5) is 31.4. The topological polar surface area (TPSA) is 92.6 Å². The number of alkyl halides is 3. The minimum absolute atomic E-state index is 0.0728. The lowest BCUT2D eigenvalue weighted by molar-refractivity contribution is -0.192. The largest absolute Gasteiger partial charge is 0.490 e. The number of hydrogen-bond acceptors (Lipinski definition) is 6. The molecule has 1 spiro atoms. The summed E-state index contributed by atoms with van der Waals surface area (Å²) in [5.74, 6) is -1.83. The van der Waals surface area contributed by atoms with E-state index in [1.807, 2.05) is 22.4 Å². The van der Waals surface area contributed by atoms with Gasteiger partial charge in [-0.1, -0.05) is 0 Å². The van der Waals surface area contributed by atoms with Gasteiger partial charge in [-0.15, -0.1) is 11.3 Å². The van der Waals surface area contributed by atoms with Gasteiger partial charge in [0.05, 0.1) is 17.8 Å². The number of rotatable bonds is 3. The van der Waals surface area contributed by atoms with Crippen LogP contribution in [0.2, 0.25) is 0 Å². The number of amides is 1. The minimum Gasteiger partial charge on any atom is -0.489 e. The molecule has 0 unspecified atom stereocenters. The van der Waals surface area contributed by atoms with E-state index in [9.17, 15) is 18.0 Å². The Bertz CT molecular complexity index is 846. The predicted molar refractivity (Wildman–Crippen MR) is 101 cm³/mol. The molecule has 11 heteroatoms. The van der Waals surface area contributed by atoms with Gasteiger partial charge in [0.2, 0.25) is 0 Å². The molecule has 1 amide bonds. The Kier molecular flexibility index (Phi) is 6.59. The van der Waals surface area contributed by atoms with Crippen molar-refractivity contribution >= 4 is 23.2 Å². The summed E-state index contributed by atoms with van der Waals surface area (Å²) in [6.45, 7) is 1.66. The SMILES string of the molecule is O=C(O)C(F)(F)F.O=C(c1cscn1)N1CCC2(CC1)CC(Oc1cccnc1)C2. The van der Waals surface area contributed by atoms with E-state index in [0.717, 1.165) is 44.5 Å². The first-order chi connectivity index (χ1) is 14.2. The number of carboxylic acid groups (broad SMARTS) is 1. The van der Waals surface area contributed by atoms with Crippen LogP contribution in [0.5, 0.6) is 5.75 Å². The Morgan fingerprint density at radius 1 is 1.27 bits per heavy atom. The zero-order valence-corrected chi connectivity index (χ0v) is 16.7. The first-order valence-electron chi connectivity index (χ1n) is 9.23. The maximum absolute atomic E-state index is 12.3. The highest BCUT2D eigenvalue weighted by atomic mass is 32.1. The molecule has 0 radical (unpaired) electrons. The minimum atomic E-state index is -5.08. The number of carboxylic acids is 1. The van der Waals surface area contributed by atoms with Crippen molar-refractivity contribution in [3.05, 3.63) is 41.1 Å². The molecule has 7 nitrogen and oxygen atoms in total. The molecule has 0 atom stereocenters. The van der Waals surface area contributed by atoms with E-state index >= 15 is 0 Å². The molecule has 2 aromatic heterocycles. The fourth-order valence-electron chi connectivity index (χ4n) is 3.67. The molecule has 30 heavy (non-hydrogen) atoms. The van der Waals surface area contributed by atoms with Gasteiger partial charge in [-0.2, -0.15) is 13.2 Å². The average molecular weight is 443 g/mol. The summed E-state index contributed by atoms with van der Waals surface area (Å²) in [5, 5.41) is 8.95. The van der Waals surface area contributed by atoms with Crippen molar-refractivity contribution < 1.29 is 32.6 Å². The van der Waals surface area contributed by atoms with E-state index < -0.39 is 12.1 Å². The van der Waals surface area contributed by atoms with Crippen molar-refractivity contribution in [1.29, 1.82) is 0 Å². The van der Waals surface area contributed by atoms with Crippen LogP contribution in [-0.4, -0.2) is 57.2 Å². The van der Waals surface area contributed by atoms with Gasteiger partial charge in [-0.25, -0.2) is 9.78 Å². The normalized spacial score (nSPS) is 18.2. The summed E-state index contributed by atoms with van der Waals surface area (Å²) in [7, 11) is 0. The van der Waals surface area contributed by atoms with Gasteiger partial charge in [0, 0.05) is 24.7 Å². The van der Waals surface area contributed by atoms with Crippen LogP contribution in [0.25, 0.3) is 0 Å². The van der Waals surface area contributed by atoms with Crippen molar-refractivity contribution in [1.82, 2.24) is 14.9 Å². The second-order valence-corrected chi connectivity index (χ2v) is 8.02. The van der Waals surface area contributed by atoms with Crippen LogP contribution in [0.3, 0.4) is 0 Å². The third-order valence-corrected chi connectivity index (χ3v) is 5.85. The van der Waals surface area contributed by atoms with Gasteiger partial charge in [-0.3, -0.25) is 9.78 Å². The third-order valence-electron chi connectivity index (χ3n) is 5.26. The van der Waals surface area contributed by atoms with Gasteiger partial charge in [-0.05, 0) is 43.2 Å². The van der Waals surface area contributed by atoms with Crippen LogP contribution < -0.4 is 4.74 Å². The number of hydrogen-bond donors (Lipinski definition) is 1. The van der Waals surface area contributed by atoms with Gasteiger partial charge in [0.25, 0.3) is 5.91 Å². The predicted octanol–water partition coefficient (Wildman–Crippen LogP) is 3.64. The first kappa shape index (κ1) is 22.0. The number of ether oxygens (including phenoxy) is 1. The van der Waals surface area contributed by atoms with E-state index in [1.54, 1.807) is 17.9 Å². The number of thiazole rings is 1. The number of halogens is 3. The summed E-state index contributed by atoms with van der Waals surface area (Å²) in [6.07, 6.45) is 3.02. The van der Waals surface area contributed by atoms with Crippen molar-refractivity contribution in [2.24, 2.45) is 5.41 Å². The second kappa shape index (κ2) is 8.99. The van der Waals surface area contributed by atoms with E-state index in [2.05, 4.69) is 9.97 Å². The fraction of sp³-hybridized carbons (Fsp3) is 0.474. The van der Waals surface area contributed by atoms with Crippen LogP contribution in [0.1, 0.15) is 36.2 Å². The molecule has 2 aromatic rings. The van der Waals surface area contributed by atoms with E-state index in [1.165, 1.54) is 11.3 Å². The molecule has 1 saturated carbocycles. The molecular weight excluding hydrogens is 423 g/mol. The smallest absolute Gasteiger partial charge is 0.489 e. The molecule has 4 rings (SSSR count). The van der Waals surface area contributed by atoms with Crippen LogP contribution in [0.15, 0.2) is 35.4 Å². The third kappa shape index (κ3) is 5.47. The molecule has 162 valence electrons. The van der Waals surface area contributed by atoms with Gasteiger partial charge < -0.3 is 14.7 Å². The number of carbonyl (C=O) groups excluding carboxylic acids is 1. The number of pyridine rings is 1. The van der Waals surface area contributed by atoms with Crippen LogP contribution in [0.4, 0.5) is 13.2 Å².